The summed E-state index contributed by atoms with van der Waals surface area (Å²) in [5.74, 6) is -0.185. The van der Waals surface area contributed by atoms with Gasteiger partial charge in [-0.2, -0.15) is 0 Å². The van der Waals surface area contributed by atoms with E-state index in [0.717, 1.165) is 20.5 Å². The quantitative estimate of drug-likeness (QED) is 0.386. The minimum absolute atomic E-state index is 0.172. The van der Waals surface area contributed by atoms with Gasteiger partial charge in [0.05, 0.1) is 6.54 Å². The van der Waals surface area contributed by atoms with E-state index in [1.54, 1.807) is 30.3 Å². The number of benzene rings is 3. The summed E-state index contributed by atoms with van der Waals surface area (Å²) < 4.78 is 19.8. The molecule has 0 bridgehead atoms. The Hall–Kier alpha value is -3.45. The van der Waals surface area contributed by atoms with Gasteiger partial charge in [0.25, 0.3) is 5.91 Å². The van der Waals surface area contributed by atoms with Crippen molar-refractivity contribution in [2.24, 2.45) is 0 Å². The zero-order valence-electron chi connectivity index (χ0n) is 16.3. The highest BCUT2D eigenvalue weighted by molar-refractivity contribution is 9.10. The lowest BCUT2D eigenvalue weighted by atomic mass is 10.1. The summed E-state index contributed by atoms with van der Waals surface area (Å²) in [6.07, 6.45) is 1.59. The average Bonchev–Trinajstić information content (AvgIpc) is 3.02. The van der Waals surface area contributed by atoms with Gasteiger partial charge in [0.2, 0.25) is 0 Å². The first-order valence-corrected chi connectivity index (χ1v) is 10.3. The summed E-state index contributed by atoms with van der Waals surface area (Å²) in [5.41, 5.74) is 2.47. The van der Waals surface area contributed by atoms with Crippen LogP contribution in [0, 0.1) is 5.82 Å². The predicted octanol–water partition coefficient (Wildman–Crippen LogP) is 5.26. The lowest BCUT2D eigenvalue weighted by Crippen LogP contribution is -2.30. The molecule has 3 amide bonds. The number of imide groups is 1. The standard InChI is InChI=1S/C24H18BrFN2O3/c25-19-8-11-22(31-15-17-6-9-20(26)10-7-17)18(12-19)13-21-23(29)28(24(30)27-21)14-16-4-2-1-3-5-16/h1-13H,14-15H2,(H,27,30)/b21-13-. The molecule has 1 heterocycles. The van der Waals surface area contributed by atoms with Gasteiger partial charge in [0.1, 0.15) is 23.9 Å². The Morgan fingerprint density at radius 2 is 1.71 bits per heavy atom. The van der Waals surface area contributed by atoms with E-state index in [0.29, 0.717) is 11.3 Å². The Morgan fingerprint density at radius 3 is 2.45 bits per heavy atom. The van der Waals surface area contributed by atoms with Gasteiger partial charge in [0, 0.05) is 10.0 Å². The molecule has 156 valence electrons. The molecule has 5 nitrogen and oxygen atoms in total. The number of nitrogens with zero attached hydrogens (tertiary/aromatic N) is 1. The molecule has 0 aliphatic carbocycles. The van der Waals surface area contributed by atoms with Crippen LogP contribution in [0.25, 0.3) is 6.08 Å². The van der Waals surface area contributed by atoms with Gasteiger partial charge in [-0.1, -0.05) is 58.4 Å². The third-order valence-electron chi connectivity index (χ3n) is 4.73. The van der Waals surface area contributed by atoms with Crippen molar-refractivity contribution in [3.8, 4) is 5.75 Å². The molecular weight excluding hydrogens is 463 g/mol. The van der Waals surface area contributed by atoms with Crippen LogP contribution in [-0.2, 0) is 17.9 Å². The van der Waals surface area contributed by atoms with Crippen LogP contribution in [-0.4, -0.2) is 16.8 Å². The van der Waals surface area contributed by atoms with E-state index in [2.05, 4.69) is 21.2 Å². The van der Waals surface area contributed by atoms with Gasteiger partial charge >= 0.3 is 6.03 Å². The third-order valence-corrected chi connectivity index (χ3v) is 5.22. The molecule has 31 heavy (non-hydrogen) atoms. The summed E-state index contributed by atoms with van der Waals surface area (Å²) in [5, 5.41) is 2.64. The second-order valence-electron chi connectivity index (χ2n) is 6.96. The van der Waals surface area contributed by atoms with E-state index >= 15 is 0 Å². The molecule has 0 radical (unpaired) electrons. The lowest BCUT2D eigenvalue weighted by molar-refractivity contribution is -0.123. The number of carbonyl (C=O) groups is 2. The highest BCUT2D eigenvalue weighted by atomic mass is 79.9. The van der Waals surface area contributed by atoms with E-state index < -0.39 is 11.9 Å². The molecule has 0 atom stereocenters. The maximum atomic E-state index is 13.1. The summed E-state index contributed by atoms with van der Waals surface area (Å²) in [4.78, 5) is 26.3. The SMILES string of the molecule is O=C1N/C(=C\c2cc(Br)ccc2OCc2ccc(F)cc2)C(=O)N1Cc1ccccc1. The van der Waals surface area contributed by atoms with E-state index in [1.165, 1.54) is 12.1 Å². The van der Waals surface area contributed by atoms with E-state index in [1.807, 2.05) is 36.4 Å². The van der Waals surface area contributed by atoms with Gasteiger partial charge in [-0.25, -0.2) is 9.18 Å². The zero-order chi connectivity index (χ0) is 21.8. The molecule has 7 heteroatoms. The topological polar surface area (TPSA) is 58.6 Å². The number of carbonyl (C=O) groups excluding carboxylic acids is 2. The second-order valence-corrected chi connectivity index (χ2v) is 7.88. The monoisotopic (exact) mass is 480 g/mol. The Labute approximate surface area is 187 Å². The largest absolute Gasteiger partial charge is 0.488 e. The molecular formula is C24H18BrFN2O3. The molecule has 1 aliphatic heterocycles. The van der Waals surface area contributed by atoms with Crippen LogP contribution in [0.5, 0.6) is 5.75 Å². The number of nitrogens with one attached hydrogen (secondary N) is 1. The number of hydrogen-bond donors (Lipinski definition) is 1. The van der Waals surface area contributed by atoms with Crippen molar-refractivity contribution in [1.82, 2.24) is 10.2 Å². The minimum atomic E-state index is -0.469. The Morgan fingerprint density at radius 1 is 0.968 bits per heavy atom. The number of hydrogen-bond acceptors (Lipinski definition) is 3. The zero-order valence-corrected chi connectivity index (χ0v) is 17.9. The van der Waals surface area contributed by atoms with Crippen LogP contribution < -0.4 is 10.1 Å². The molecule has 1 fully saturated rings. The van der Waals surface area contributed by atoms with Crippen molar-refractivity contribution >= 4 is 33.9 Å². The van der Waals surface area contributed by atoms with Gasteiger partial charge in [-0.05, 0) is 47.5 Å². The highest BCUT2D eigenvalue weighted by Crippen LogP contribution is 2.27. The molecule has 0 saturated carbocycles. The highest BCUT2D eigenvalue weighted by Gasteiger charge is 2.33. The normalized spacial score (nSPS) is 14.8. The van der Waals surface area contributed by atoms with E-state index in [9.17, 15) is 14.0 Å². The van der Waals surface area contributed by atoms with Gasteiger partial charge in [0.15, 0.2) is 0 Å². The first-order chi connectivity index (χ1) is 15.0. The summed E-state index contributed by atoms with van der Waals surface area (Å²) in [6.45, 7) is 0.424. The van der Waals surface area contributed by atoms with Crippen molar-refractivity contribution in [2.75, 3.05) is 0 Å². The fraction of sp³-hybridized carbons (Fsp3) is 0.0833. The van der Waals surface area contributed by atoms with Gasteiger partial charge < -0.3 is 10.1 Å². The van der Waals surface area contributed by atoms with Crippen LogP contribution in [0.4, 0.5) is 9.18 Å². The maximum Gasteiger partial charge on any atom is 0.329 e. The Kier molecular flexibility index (Phi) is 6.13. The Balaban J connectivity index is 1.54. The van der Waals surface area contributed by atoms with Crippen molar-refractivity contribution < 1.29 is 18.7 Å². The number of amides is 3. The number of ether oxygens (including phenoxy) is 1. The van der Waals surface area contributed by atoms with Crippen molar-refractivity contribution in [1.29, 1.82) is 0 Å². The summed E-state index contributed by atoms with van der Waals surface area (Å²) in [6, 6.07) is 20.3. The van der Waals surface area contributed by atoms with Crippen LogP contribution in [0.1, 0.15) is 16.7 Å². The van der Waals surface area contributed by atoms with Crippen LogP contribution in [0.3, 0.4) is 0 Å². The number of urea groups is 1. The molecule has 1 N–H and O–H groups in total. The minimum Gasteiger partial charge on any atom is -0.488 e. The van der Waals surface area contributed by atoms with Crippen molar-refractivity contribution in [2.45, 2.75) is 13.2 Å². The number of rotatable bonds is 6. The molecule has 0 spiro atoms. The molecule has 4 rings (SSSR count). The lowest BCUT2D eigenvalue weighted by Gasteiger charge is -2.12. The molecule has 0 unspecified atom stereocenters. The van der Waals surface area contributed by atoms with Crippen molar-refractivity contribution in [3.63, 3.8) is 0 Å². The fourth-order valence-electron chi connectivity index (χ4n) is 3.14. The maximum absolute atomic E-state index is 13.1. The van der Waals surface area contributed by atoms with Crippen LogP contribution in [0.15, 0.2) is 83.0 Å². The fourth-order valence-corrected chi connectivity index (χ4v) is 3.52. The predicted molar refractivity (Wildman–Crippen MR) is 118 cm³/mol. The number of halogens is 2. The molecule has 3 aromatic carbocycles. The van der Waals surface area contributed by atoms with Crippen LogP contribution >= 0.6 is 15.9 Å². The molecule has 1 aliphatic rings. The third kappa shape index (κ3) is 5.00. The van der Waals surface area contributed by atoms with E-state index in [-0.39, 0.29) is 24.7 Å². The van der Waals surface area contributed by atoms with Gasteiger partial charge in [-0.15, -0.1) is 0 Å². The first-order valence-electron chi connectivity index (χ1n) is 9.55. The average molecular weight is 481 g/mol. The van der Waals surface area contributed by atoms with Crippen LogP contribution in [0.2, 0.25) is 0 Å². The van der Waals surface area contributed by atoms with Gasteiger partial charge in [-0.3, -0.25) is 9.69 Å². The smallest absolute Gasteiger partial charge is 0.329 e. The molecule has 3 aromatic rings. The first kappa shape index (κ1) is 20.8. The van der Waals surface area contributed by atoms with Crippen molar-refractivity contribution in [3.05, 3.63) is 105 Å². The summed E-state index contributed by atoms with van der Waals surface area (Å²) >= 11 is 3.42. The second kappa shape index (κ2) is 9.14. The Bertz CT molecular complexity index is 1150. The summed E-state index contributed by atoms with van der Waals surface area (Å²) in [7, 11) is 0. The van der Waals surface area contributed by atoms with E-state index in [4.69, 9.17) is 4.74 Å². The molecule has 1 saturated heterocycles. The molecule has 0 aromatic heterocycles.